The summed E-state index contributed by atoms with van der Waals surface area (Å²) in [6, 6.07) is 18.3. The van der Waals surface area contributed by atoms with E-state index in [2.05, 4.69) is 41.8 Å². The van der Waals surface area contributed by atoms with Gasteiger partial charge in [0, 0.05) is 6.54 Å². The van der Waals surface area contributed by atoms with E-state index in [0.717, 1.165) is 18.4 Å². The van der Waals surface area contributed by atoms with Crippen LogP contribution in [0.3, 0.4) is 0 Å². The van der Waals surface area contributed by atoms with Gasteiger partial charge in [0.1, 0.15) is 0 Å². The Morgan fingerprint density at radius 2 is 1.71 bits per heavy atom. The predicted octanol–water partition coefficient (Wildman–Crippen LogP) is 3.48. The number of rotatable bonds is 4. The van der Waals surface area contributed by atoms with Crippen molar-refractivity contribution in [1.29, 1.82) is 0 Å². The third-order valence-electron chi connectivity index (χ3n) is 4.00. The largest absolute Gasteiger partial charge is 0.334 e. The van der Waals surface area contributed by atoms with Gasteiger partial charge >= 0.3 is 6.03 Å². The van der Waals surface area contributed by atoms with Gasteiger partial charge in [-0.1, -0.05) is 60.2 Å². The quantitative estimate of drug-likeness (QED) is 0.884. The molecule has 21 heavy (non-hydrogen) atoms. The predicted molar refractivity (Wildman–Crippen MR) is 83.9 cm³/mol. The van der Waals surface area contributed by atoms with E-state index in [4.69, 9.17) is 0 Å². The van der Waals surface area contributed by atoms with E-state index in [1.165, 1.54) is 11.1 Å². The van der Waals surface area contributed by atoms with Gasteiger partial charge in [0.15, 0.2) is 0 Å². The normalized spacial score (nSPS) is 15.3. The molecule has 0 unspecified atom stereocenters. The van der Waals surface area contributed by atoms with Gasteiger partial charge < -0.3 is 10.6 Å². The first kappa shape index (κ1) is 13.7. The Labute approximate surface area is 125 Å². The van der Waals surface area contributed by atoms with Crippen LogP contribution < -0.4 is 10.6 Å². The monoisotopic (exact) mass is 280 g/mol. The molecular weight excluding hydrogens is 260 g/mol. The van der Waals surface area contributed by atoms with Crippen LogP contribution in [-0.2, 0) is 12.1 Å². The topological polar surface area (TPSA) is 41.1 Å². The standard InChI is InChI=1S/C18H20N2O/c1-14-7-9-15(10-8-14)13-19-17(21)20-18(11-12-18)16-5-3-2-4-6-16/h2-10H,11-13H2,1H3,(H2,19,20,21). The van der Waals surface area contributed by atoms with Crippen molar-refractivity contribution in [2.24, 2.45) is 0 Å². The van der Waals surface area contributed by atoms with Crippen molar-refractivity contribution in [3.05, 3.63) is 71.3 Å². The van der Waals surface area contributed by atoms with Crippen LogP contribution in [0.5, 0.6) is 0 Å². The van der Waals surface area contributed by atoms with E-state index in [9.17, 15) is 4.79 Å². The van der Waals surface area contributed by atoms with Crippen molar-refractivity contribution in [2.45, 2.75) is 31.8 Å². The molecule has 0 heterocycles. The van der Waals surface area contributed by atoms with Crippen LogP contribution in [0, 0.1) is 6.92 Å². The van der Waals surface area contributed by atoms with Crippen molar-refractivity contribution < 1.29 is 4.79 Å². The number of hydrogen-bond donors (Lipinski definition) is 2. The lowest BCUT2D eigenvalue weighted by Crippen LogP contribution is -2.41. The van der Waals surface area contributed by atoms with Crippen molar-refractivity contribution >= 4 is 6.03 Å². The Morgan fingerprint density at radius 3 is 2.33 bits per heavy atom. The molecule has 1 fully saturated rings. The molecule has 0 aromatic heterocycles. The Bertz CT molecular complexity index is 615. The summed E-state index contributed by atoms with van der Waals surface area (Å²) in [6.45, 7) is 2.61. The summed E-state index contributed by atoms with van der Waals surface area (Å²) in [5, 5.41) is 6.05. The second-order valence-electron chi connectivity index (χ2n) is 5.74. The maximum absolute atomic E-state index is 12.1. The average Bonchev–Trinajstić information content (AvgIpc) is 3.28. The van der Waals surface area contributed by atoms with Gasteiger partial charge in [-0.25, -0.2) is 4.79 Å². The first-order chi connectivity index (χ1) is 10.2. The SMILES string of the molecule is Cc1ccc(CNC(=O)NC2(c3ccccc3)CC2)cc1. The van der Waals surface area contributed by atoms with Gasteiger partial charge in [-0.3, -0.25) is 0 Å². The van der Waals surface area contributed by atoms with Gasteiger partial charge in [0.25, 0.3) is 0 Å². The smallest absolute Gasteiger partial charge is 0.315 e. The Kier molecular flexibility index (Phi) is 3.65. The van der Waals surface area contributed by atoms with Crippen LogP contribution in [0.4, 0.5) is 4.79 Å². The van der Waals surface area contributed by atoms with Crippen molar-refractivity contribution in [3.63, 3.8) is 0 Å². The number of carbonyl (C=O) groups is 1. The molecule has 0 atom stereocenters. The van der Waals surface area contributed by atoms with E-state index in [1.807, 2.05) is 30.3 Å². The molecule has 2 amide bonds. The number of nitrogens with one attached hydrogen (secondary N) is 2. The van der Waals surface area contributed by atoms with Gasteiger partial charge in [0.2, 0.25) is 0 Å². The summed E-state index contributed by atoms with van der Waals surface area (Å²) in [5.74, 6) is 0. The molecule has 0 bridgehead atoms. The fourth-order valence-electron chi connectivity index (χ4n) is 2.52. The van der Waals surface area contributed by atoms with Crippen molar-refractivity contribution in [1.82, 2.24) is 10.6 Å². The van der Waals surface area contributed by atoms with E-state index in [-0.39, 0.29) is 11.6 Å². The van der Waals surface area contributed by atoms with Crippen molar-refractivity contribution in [2.75, 3.05) is 0 Å². The molecule has 2 aromatic rings. The lowest BCUT2D eigenvalue weighted by Gasteiger charge is -2.18. The van der Waals surface area contributed by atoms with Crippen LogP contribution in [0.25, 0.3) is 0 Å². The highest BCUT2D eigenvalue weighted by Gasteiger charge is 2.45. The molecule has 1 aliphatic rings. The van der Waals surface area contributed by atoms with Crippen LogP contribution in [-0.4, -0.2) is 6.03 Å². The molecule has 1 saturated carbocycles. The minimum absolute atomic E-state index is 0.100. The summed E-state index contributed by atoms with van der Waals surface area (Å²) in [4.78, 5) is 12.1. The molecule has 0 radical (unpaired) electrons. The average molecular weight is 280 g/mol. The van der Waals surface area contributed by atoms with Crippen LogP contribution in [0.1, 0.15) is 29.5 Å². The zero-order valence-corrected chi connectivity index (χ0v) is 12.2. The lowest BCUT2D eigenvalue weighted by molar-refractivity contribution is 0.235. The fourth-order valence-corrected chi connectivity index (χ4v) is 2.52. The number of benzene rings is 2. The van der Waals surface area contributed by atoms with Gasteiger partial charge in [0.05, 0.1) is 5.54 Å². The maximum atomic E-state index is 12.1. The minimum Gasteiger partial charge on any atom is -0.334 e. The molecule has 1 aliphatic carbocycles. The highest BCUT2D eigenvalue weighted by atomic mass is 16.2. The third-order valence-corrected chi connectivity index (χ3v) is 4.00. The zero-order valence-electron chi connectivity index (χ0n) is 12.2. The van der Waals surface area contributed by atoms with Crippen molar-refractivity contribution in [3.8, 4) is 0 Å². The molecule has 0 aliphatic heterocycles. The summed E-state index contributed by atoms with van der Waals surface area (Å²) in [5.41, 5.74) is 3.37. The van der Waals surface area contributed by atoms with Gasteiger partial charge in [-0.05, 0) is 30.9 Å². The molecular formula is C18H20N2O. The highest BCUT2D eigenvalue weighted by molar-refractivity contribution is 5.75. The van der Waals surface area contributed by atoms with Crippen LogP contribution >= 0.6 is 0 Å². The summed E-state index contributed by atoms with van der Waals surface area (Å²) >= 11 is 0. The number of hydrogen-bond acceptors (Lipinski definition) is 1. The van der Waals surface area contributed by atoms with E-state index >= 15 is 0 Å². The van der Waals surface area contributed by atoms with Gasteiger partial charge in [-0.15, -0.1) is 0 Å². The van der Waals surface area contributed by atoms with E-state index < -0.39 is 0 Å². The molecule has 3 rings (SSSR count). The first-order valence-electron chi connectivity index (χ1n) is 7.35. The molecule has 2 aromatic carbocycles. The van der Waals surface area contributed by atoms with Crippen LogP contribution in [0.2, 0.25) is 0 Å². The first-order valence-corrected chi connectivity index (χ1v) is 7.35. The molecule has 108 valence electrons. The Hall–Kier alpha value is -2.29. The fraction of sp³-hybridized carbons (Fsp3) is 0.278. The zero-order chi connectivity index (χ0) is 14.7. The highest BCUT2D eigenvalue weighted by Crippen LogP contribution is 2.45. The molecule has 2 N–H and O–H groups in total. The van der Waals surface area contributed by atoms with Crippen LogP contribution in [0.15, 0.2) is 54.6 Å². The number of urea groups is 1. The maximum Gasteiger partial charge on any atom is 0.315 e. The number of carbonyl (C=O) groups excluding carboxylic acids is 1. The second-order valence-corrected chi connectivity index (χ2v) is 5.74. The summed E-state index contributed by atoms with van der Waals surface area (Å²) < 4.78 is 0. The molecule has 3 heteroatoms. The third kappa shape index (κ3) is 3.24. The molecule has 0 spiro atoms. The van der Waals surface area contributed by atoms with E-state index in [1.54, 1.807) is 0 Å². The summed E-state index contributed by atoms with van der Waals surface area (Å²) in [7, 11) is 0. The second kappa shape index (κ2) is 5.60. The molecule has 0 saturated heterocycles. The summed E-state index contributed by atoms with van der Waals surface area (Å²) in [6.07, 6.45) is 2.02. The number of aryl methyl sites for hydroxylation is 1. The number of amides is 2. The Morgan fingerprint density at radius 1 is 1.05 bits per heavy atom. The van der Waals surface area contributed by atoms with E-state index in [0.29, 0.717) is 6.54 Å². The van der Waals surface area contributed by atoms with Gasteiger partial charge in [-0.2, -0.15) is 0 Å². The minimum atomic E-state index is -0.154. The Balaban J connectivity index is 1.56. The lowest BCUT2D eigenvalue weighted by atomic mass is 10.1. The molecule has 3 nitrogen and oxygen atoms in total.